The van der Waals surface area contributed by atoms with Crippen LogP contribution in [0.2, 0.25) is 0 Å². The van der Waals surface area contributed by atoms with Gasteiger partial charge in [-0.2, -0.15) is 4.57 Å². The second-order valence-electron chi connectivity index (χ2n) is 4.94. The lowest BCUT2D eigenvalue weighted by Crippen LogP contribution is -2.43. The molecule has 0 atom stereocenters. The number of benzene rings is 1. The third kappa shape index (κ3) is 5.37. The number of hydrogen-bond acceptors (Lipinski definition) is 5. The number of pyridine rings is 1. The molecule has 0 bridgehead atoms. The van der Waals surface area contributed by atoms with E-state index in [1.165, 1.54) is 29.0 Å². The molecule has 0 fully saturated rings. The molecular weight excluding hydrogens is 346 g/mol. The molecular formula is C16H18N3O5S+. The molecule has 0 unspecified atom stereocenters. The summed E-state index contributed by atoms with van der Waals surface area (Å²) < 4.78 is 30.4. The molecule has 0 aliphatic rings. The number of nitrogens with one attached hydrogen (secondary N) is 2. The van der Waals surface area contributed by atoms with Gasteiger partial charge in [0, 0.05) is 6.07 Å². The van der Waals surface area contributed by atoms with Gasteiger partial charge < -0.3 is 4.74 Å². The lowest BCUT2D eigenvalue weighted by atomic mass is 10.3. The van der Waals surface area contributed by atoms with Gasteiger partial charge in [-0.25, -0.2) is 13.2 Å². The maximum absolute atomic E-state index is 12.1. The van der Waals surface area contributed by atoms with Crippen LogP contribution in [0.5, 0.6) is 0 Å². The van der Waals surface area contributed by atoms with Crippen molar-refractivity contribution >= 4 is 21.9 Å². The van der Waals surface area contributed by atoms with Gasteiger partial charge in [-0.15, -0.1) is 4.83 Å². The first-order chi connectivity index (χ1) is 11.9. The Labute approximate surface area is 145 Å². The van der Waals surface area contributed by atoms with Gasteiger partial charge in [0.05, 0.1) is 11.5 Å². The zero-order valence-corrected chi connectivity index (χ0v) is 14.3. The van der Waals surface area contributed by atoms with Gasteiger partial charge in [-0.1, -0.05) is 18.2 Å². The average Bonchev–Trinajstić information content (AvgIpc) is 2.61. The quantitative estimate of drug-likeness (QED) is 0.414. The molecule has 1 aromatic heterocycles. The van der Waals surface area contributed by atoms with Crippen LogP contribution in [-0.2, 0) is 26.1 Å². The summed E-state index contributed by atoms with van der Waals surface area (Å²) in [6.45, 7) is 1.91. The zero-order chi connectivity index (χ0) is 18.3. The fourth-order valence-electron chi connectivity index (χ4n) is 1.95. The van der Waals surface area contributed by atoms with Gasteiger partial charge in [0.2, 0.25) is 6.54 Å². The van der Waals surface area contributed by atoms with Crippen LogP contribution in [-0.4, -0.2) is 26.9 Å². The Morgan fingerprint density at radius 1 is 1.12 bits per heavy atom. The first-order valence-corrected chi connectivity index (χ1v) is 8.92. The van der Waals surface area contributed by atoms with Crippen molar-refractivity contribution in [2.24, 2.45) is 0 Å². The van der Waals surface area contributed by atoms with Crippen molar-refractivity contribution in [3.05, 3.63) is 60.4 Å². The monoisotopic (exact) mass is 364 g/mol. The van der Waals surface area contributed by atoms with Crippen molar-refractivity contribution in [3.8, 4) is 0 Å². The fraction of sp³-hybridized carbons (Fsp3) is 0.188. The number of esters is 1. The minimum Gasteiger partial charge on any atom is -0.461 e. The van der Waals surface area contributed by atoms with Crippen molar-refractivity contribution in [2.45, 2.75) is 18.4 Å². The Bertz CT molecular complexity index is 853. The molecule has 0 spiro atoms. The highest BCUT2D eigenvalue weighted by Gasteiger charge is 2.17. The Balaban J connectivity index is 2.03. The normalized spacial score (nSPS) is 10.9. The van der Waals surface area contributed by atoms with Crippen molar-refractivity contribution < 1.29 is 27.3 Å². The van der Waals surface area contributed by atoms with Crippen LogP contribution in [0.3, 0.4) is 0 Å². The number of carbonyl (C=O) groups excluding carboxylic acids is 2. The standard InChI is InChI=1S/C16H17N3O5S/c1-2-24-15(20)12-19-10-6-7-13(11-19)16(21)17-18-25(22,23)14-8-4-3-5-9-14/h3-11,18H,2,12H2,1H3/p+1. The largest absolute Gasteiger partial charge is 0.461 e. The maximum Gasteiger partial charge on any atom is 0.372 e. The van der Waals surface area contributed by atoms with E-state index in [1.807, 2.05) is 4.83 Å². The molecule has 1 heterocycles. The average molecular weight is 364 g/mol. The summed E-state index contributed by atoms with van der Waals surface area (Å²) in [4.78, 5) is 25.6. The van der Waals surface area contributed by atoms with E-state index in [4.69, 9.17) is 4.74 Å². The summed E-state index contributed by atoms with van der Waals surface area (Å²) in [6, 6.07) is 10.7. The number of amides is 1. The molecule has 2 rings (SSSR count). The maximum atomic E-state index is 12.1. The van der Waals surface area contributed by atoms with Crippen molar-refractivity contribution in [2.75, 3.05) is 6.61 Å². The van der Waals surface area contributed by atoms with Gasteiger partial charge in [-0.05, 0) is 25.1 Å². The van der Waals surface area contributed by atoms with E-state index < -0.39 is 21.9 Å². The number of hydrazine groups is 1. The third-order valence-corrected chi connectivity index (χ3v) is 4.35. The summed E-state index contributed by atoms with van der Waals surface area (Å²) in [6.07, 6.45) is 3.02. The van der Waals surface area contributed by atoms with E-state index in [0.717, 1.165) is 0 Å². The molecule has 1 amide bonds. The summed E-state index contributed by atoms with van der Waals surface area (Å²) in [5.41, 5.74) is 2.32. The van der Waals surface area contributed by atoms with Gasteiger partial charge in [0.25, 0.3) is 15.9 Å². The Kier molecular flexibility index (Phi) is 6.20. The van der Waals surface area contributed by atoms with E-state index in [-0.39, 0.29) is 23.6 Å². The number of hydrogen-bond donors (Lipinski definition) is 2. The summed E-state index contributed by atoms with van der Waals surface area (Å²) in [5, 5.41) is 0. The minimum atomic E-state index is -3.86. The number of nitrogens with zero attached hydrogens (tertiary/aromatic N) is 1. The van der Waals surface area contributed by atoms with Crippen LogP contribution in [0.1, 0.15) is 17.3 Å². The van der Waals surface area contributed by atoms with E-state index in [0.29, 0.717) is 0 Å². The fourth-order valence-corrected chi connectivity index (χ4v) is 2.81. The van der Waals surface area contributed by atoms with Crippen molar-refractivity contribution in [1.29, 1.82) is 0 Å². The molecule has 1 aromatic carbocycles. The molecule has 2 aromatic rings. The van der Waals surface area contributed by atoms with E-state index in [9.17, 15) is 18.0 Å². The van der Waals surface area contributed by atoms with Crippen LogP contribution in [0, 0.1) is 0 Å². The molecule has 25 heavy (non-hydrogen) atoms. The number of aromatic nitrogens is 1. The van der Waals surface area contributed by atoms with Gasteiger partial charge in [0.1, 0.15) is 5.56 Å². The molecule has 132 valence electrons. The Morgan fingerprint density at radius 3 is 2.52 bits per heavy atom. The molecule has 0 aliphatic carbocycles. The Morgan fingerprint density at radius 2 is 1.84 bits per heavy atom. The predicted octanol–water partition coefficient (Wildman–Crippen LogP) is 0.161. The SMILES string of the molecule is CCOC(=O)C[n+]1cccc(C(=O)NNS(=O)(=O)c2ccccc2)c1. The number of rotatable bonds is 7. The zero-order valence-electron chi connectivity index (χ0n) is 13.5. The van der Waals surface area contributed by atoms with Crippen molar-refractivity contribution in [1.82, 2.24) is 10.3 Å². The van der Waals surface area contributed by atoms with Crippen LogP contribution in [0.15, 0.2) is 59.8 Å². The smallest absolute Gasteiger partial charge is 0.372 e. The second-order valence-corrected chi connectivity index (χ2v) is 6.63. The first kappa shape index (κ1) is 18.6. The van der Waals surface area contributed by atoms with Crippen molar-refractivity contribution in [3.63, 3.8) is 0 Å². The van der Waals surface area contributed by atoms with Gasteiger partial charge in [0.15, 0.2) is 12.4 Å². The molecule has 0 aliphatic heterocycles. The van der Waals surface area contributed by atoms with Crippen LogP contribution in [0.25, 0.3) is 0 Å². The summed E-state index contributed by atoms with van der Waals surface area (Å²) in [7, 11) is -3.86. The lowest BCUT2D eigenvalue weighted by Gasteiger charge is -2.08. The second kappa shape index (κ2) is 8.36. The topological polar surface area (TPSA) is 105 Å². The van der Waals surface area contributed by atoms with E-state index >= 15 is 0 Å². The van der Waals surface area contributed by atoms with Gasteiger partial charge in [-0.3, -0.25) is 10.2 Å². The molecule has 0 saturated heterocycles. The third-order valence-electron chi connectivity index (χ3n) is 3.09. The molecule has 2 N–H and O–H groups in total. The number of carbonyl (C=O) groups is 2. The summed E-state index contributed by atoms with van der Waals surface area (Å²) in [5.74, 6) is -1.09. The van der Waals surface area contributed by atoms with Crippen LogP contribution >= 0.6 is 0 Å². The lowest BCUT2D eigenvalue weighted by molar-refractivity contribution is -0.686. The Hall–Kier alpha value is -2.78. The van der Waals surface area contributed by atoms with E-state index in [1.54, 1.807) is 37.4 Å². The van der Waals surface area contributed by atoms with Crippen LogP contribution in [0.4, 0.5) is 0 Å². The number of ether oxygens (including phenoxy) is 1. The summed E-state index contributed by atoms with van der Waals surface area (Å²) >= 11 is 0. The number of sulfonamides is 1. The first-order valence-electron chi connectivity index (χ1n) is 7.44. The molecule has 9 heteroatoms. The molecule has 8 nitrogen and oxygen atoms in total. The highest BCUT2D eigenvalue weighted by Crippen LogP contribution is 2.06. The van der Waals surface area contributed by atoms with Crippen LogP contribution < -0.4 is 14.8 Å². The molecule has 0 saturated carbocycles. The predicted molar refractivity (Wildman–Crippen MR) is 87.5 cm³/mol. The van der Waals surface area contributed by atoms with E-state index in [2.05, 4.69) is 5.43 Å². The molecule has 0 radical (unpaired) electrons. The highest BCUT2D eigenvalue weighted by molar-refractivity contribution is 7.89. The van der Waals surface area contributed by atoms with Gasteiger partial charge >= 0.3 is 5.97 Å². The minimum absolute atomic E-state index is 0.0285. The highest BCUT2D eigenvalue weighted by atomic mass is 32.2.